The number of para-hydroxylation sites is 1. The van der Waals surface area contributed by atoms with Gasteiger partial charge in [0.15, 0.2) is 5.96 Å². The van der Waals surface area contributed by atoms with Crippen LogP contribution in [0.3, 0.4) is 0 Å². The van der Waals surface area contributed by atoms with E-state index in [2.05, 4.69) is 20.9 Å². The zero-order valence-corrected chi connectivity index (χ0v) is 19.3. The largest absolute Gasteiger partial charge is 0.507 e. The number of guanidine groups is 1. The van der Waals surface area contributed by atoms with Gasteiger partial charge in [-0.3, -0.25) is 4.79 Å². The molecule has 0 radical (unpaired) electrons. The molecule has 0 aliphatic heterocycles. The van der Waals surface area contributed by atoms with Crippen LogP contribution in [-0.2, 0) is 6.54 Å². The number of methoxy groups -OCH3 is 1. The molecule has 0 aliphatic rings. The highest BCUT2D eigenvalue weighted by molar-refractivity contribution is 14.0. The Labute approximate surface area is 189 Å². The van der Waals surface area contributed by atoms with Gasteiger partial charge in [0.25, 0.3) is 5.91 Å². The molecule has 2 aromatic rings. The Hall–Kier alpha value is -2.49. The summed E-state index contributed by atoms with van der Waals surface area (Å²) in [6.45, 7) is 6.10. The molecular weight excluding hydrogens is 483 g/mol. The van der Waals surface area contributed by atoms with E-state index in [1.54, 1.807) is 25.3 Å². The van der Waals surface area contributed by atoms with Gasteiger partial charge in [-0.1, -0.05) is 24.3 Å². The number of carbonyl (C=O) groups excluding carboxylic acids is 1. The molecule has 2 rings (SSSR count). The van der Waals surface area contributed by atoms with E-state index in [9.17, 15) is 9.90 Å². The lowest BCUT2D eigenvalue weighted by atomic mass is 10.1. The fourth-order valence-corrected chi connectivity index (χ4v) is 2.61. The van der Waals surface area contributed by atoms with Crippen LogP contribution in [0.4, 0.5) is 0 Å². The van der Waals surface area contributed by atoms with Crippen molar-refractivity contribution in [1.29, 1.82) is 0 Å². The summed E-state index contributed by atoms with van der Waals surface area (Å²) in [6, 6.07) is 12.5. The Morgan fingerprint density at radius 3 is 2.52 bits per heavy atom. The van der Waals surface area contributed by atoms with Crippen LogP contribution in [-0.4, -0.2) is 43.7 Å². The highest BCUT2D eigenvalue weighted by atomic mass is 127. The molecule has 0 atom stereocenters. The Morgan fingerprint density at radius 2 is 1.83 bits per heavy atom. The first-order chi connectivity index (χ1) is 13.5. The van der Waals surface area contributed by atoms with Gasteiger partial charge in [0.05, 0.1) is 19.2 Å². The molecule has 0 unspecified atom stereocenters. The van der Waals surface area contributed by atoms with Crippen molar-refractivity contribution < 1.29 is 14.6 Å². The van der Waals surface area contributed by atoms with Gasteiger partial charge in [-0.25, -0.2) is 4.99 Å². The number of phenolic OH excluding ortho intramolecular Hbond substituents is 1. The van der Waals surface area contributed by atoms with Crippen molar-refractivity contribution in [2.75, 3.05) is 26.7 Å². The summed E-state index contributed by atoms with van der Waals surface area (Å²) in [5.74, 6) is 1.12. The van der Waals surface area contributed by atoms with E-state index in [0.29, 0.717) is 25.6 Å². The molecule has 0 bridgehead atoms. The predicted octanol–water partition coefficient (Wildman–Crippen LogP) is 2.81. The number of halogens is 1. The number of nitrogens with one attached hydrogen (secondary N) is 3. The van der Waals surface area contributed by atoms with Gasteiger partial charge in [0.2, 0.25) is 0 Å². The average molecular weight is 512 g/mol. The fourth-order valence-electron chi connectivity index (χ4n) is 2.61. The zero-order valence-electron chi connectivity index (χ0n) is 17.0. The van der Waals surface area contributed by atoms with E-state index in [1.165, 1.54) is 6.07 Å². The summed E-state index contributed by atoms with van der Waals surface area (Å²) >= 11 is 0. The lowest BCUT2D eigenvalue weighted by molar-refractivity contribution is 0.0951. The van der Waals surface area contributed by atoms with Gasteiger partial charge in [-0.05, 0) is 37.6 Å². The van der Waals surface area contributed by atoms with Crippen LogP contribution in [0.5, 0.6) is 11.5 Å². The highest BCUT2D eigenvalue weighted by Gasteiger charge is 2.09. The third kappa shape index (κ3) is 7.80. The summed E-state index contributed by atoms with van der Waals surface area (Å²) in [6.07, 6.45) is 0. The number of hydrogen-bond acceptors (Lipinski definition) is 4. The molecular formula is C21H29IN4O3. The number of aryl methyl sites for hydroxylation is 1. The number of ether oxygens (including phenoxy) is 1. The average Bonchev–Trinajstić information content (AvgIpc) is 2.70. The summed E-state index contributed by atoms with van der Waals surface area (Å²) < 4.78 is 5.42. The SMILES string of the molecule is CCNC(=NCc1ccc(C)cc1OC)NCCNC(=O)c1ccccc1O.I. The maximum Gasteiger partial charge on any atom is 0.255 e. The maximum atomic E-state index is 12.1. The molecule has 0 fully saturated rings. The highest BCUT2D eigenvalue weighted by Crippen LogP contribution is 2.20. The van der Waals surface area contributed by atoms with Crippen LogP contribution in [0.1, 0.15) is 28.4 Å². The fraction of sp³-hybridized carbons (Fsp3) is 0.333. The molecule has 0 aromatic heterocycles. The molecule has 4 N–H and O–H groups in total. The number of hydrogen-bond donors (Lipinski definition) is 4. The normalized spacial score (nSPS) is 10.7. The number of benzene rings is 2. The Bertz CT molecular complexity index is 827. The first-order valence-corrected chi connectivity index (χ1v) is 9.27. The first-order valence-electron chi connectivity index (χ1n) is 9.27. The Morgan fingerprint density at radius 1 is 1.10 bits per heavy atom. The number of aromatic hydroxyl groups is 1. The van der Waals surface area contributed by atoms with Gasteiger partial charge in [0.1, 0.15) is 11.5 Å². The topological polar surface area (TPSA) is 95.0 Å². The molecule has 0 spiro atoms. The monoisotopic (exact) mass is 512 g/mol. The van der Waals surface area contributed by atoms with Crippen LogP contribution < -0.4 is 20.7 Å². The smallest absolute Gasteiger partial charge is 0.255 e. The molecule has 29 heavy (non-hydrogen) atoms. The maximum absolute atomic E-state index is 12.1. The number of amides is 1. The van der Waals surface area contributed by atoms with E-state index in [4.69, 9.17) is 4.74 Å². The van der Waals surface area contributed by atoms with Gasteiger partial charge >= 0.3 is 0 Å². The van der Waals surface area contributed by atoms with Gasteiger partial charge < -0.3 is 25.8 Å². The number of nitrogens with zero attached hydrogens (tertiary/aromatic N) is 1. The Kier molecular flexibility index (Phi) is 10.9. The van der Waals surface area contributed by atoms with Gasteiger partial charge in [-0.15, -0.1) is 24.0 Å². The molecule has 0 saturated carbocycles. The number of phenols is 1. The van der Waals surface area contributed by atoms with Gasteiger partial charge in [0, 0.05) is 25.2 Å². The van der Waals surface area contributed by atoms with Crippen LogP contribution in [0.25, 0.3) is 0 Å². The van der Waals surface area contributed by atoms with Crippen molar-refractivity contribution >= 4 is 35.8 Å². The summed E-state index contributed by atoms with van der Waals surface area (Å²) in [5, 5.41) is 18.8. The second kappa shape index (κ2) is 12.9. The zero-order chi connectivity index (χ0) is 20.4. The van der Waals surface area contributed by atoms with Crippen molar-refractivity contribution in [1.82, 2.24) is 16.0 Å². The minimum atomic E-state index is -0.314. The molecule has 1 amide bonds. The second-order valence-electron chi connectivity index (χ2n) is 6.21. The predicted molar refractivity (Wildman–Crippen MR) is 126 cm³/mol. The summed E-state index contributed by atoms with van der Waals surface area (Å²) in [4.78, 5) is 16.7. The second-order valence-corrected chi connectivity index (χ2v) is 6.21. The van der Waals surface area contributed by atoms with Crippen molar-refractivity contribution in [3.63, 3.8) is 0 Å². The van der Waals surface area contributed by atoms with E-state index in [0.717, 1.165) is 23.4 Å². The summed E-state index contributed by atoms with van der Waals surface area (Å²) in [7, 11) is 1.65. The molecule has 8 heteroatoms. The quantitative estimate of drug-likeness (QED) is 0.189. The Balaban J connectivity index is 0.00000420. The van der Waals surface area contributed by atoms with E-state index in [1.807, 2.05) is 32.0 Å². The molecule has 7 nitrogen and oxygen atoms in total. The minimum Gasteiger partial charge on any atom is -0.507 e. The van der Waals surface area contributed by atoms with E-state index >= 15 is 0 Å². The van der Waals surface area contributed by atoms with Crippen molar-refractivity contribution in [2.24, 2.45) is 4.99 Å². The lowest BCUT2D eigenvalue weighted by Gasteiger charge is -2.13. The molecule has 2 aromatic carbocycles. The number of carbonyl (C=O) groups is 1. The van der Waals surface area contributed by atoms with Crippen molar-refractivity contribution in [3.8, 4) is 11.5 Å². The molecule has 0 saturated heterocycles. The van der Waals surface area contributed by atoms with Crippen LogP contribution in [0.15, 0.2) is 47.5 Å². The molecule has 0 heterocycles. The third-order valence-corrected chi connectivity index (χ3v) is 4.05. The molecule has 158 valence electrons. The third-order valence-electron chi connectivity index (χ3n) is 4.05. The minimum absolute atomic E-state index is 0. The van der Waals surface area contributed by atoms with Gasteiger partial charge in [-0.2, -0.15) is 0 Å². The van der Waals surface area contributed by atoms with Crippen LogP contribution in [0, 0.1) is 6.92 Å². The standard InChI is InChI=1S/C21H28N4O3.HI/c1-4-22-21(25-14-16-10-9-15(2)13-19(16)28-3)24-12-11-23-20(27)17-7-5-6-8-18(17)26;/h5-10,13,26H,4,11-12,14H2,1-3H3,(H,23,27)(H2,22,24,25);1H. The van der Waals surface area contributed by atoms with Crippen LogP contribution >= 0.6 is 24.0 Å². The van der Waals surface area contributed by atoms with Crippen molar-refractivity contribution in [2.45, 2.75) is 20.4 Å². The number of aliphatic imine (C=N–C) groups is 1. The van der Waals surface area contributed by atoms with Crippen molar-refractivity contribution in [3.05, 3.63) is 59.2 Å². The number of rotatable bonds is 8. The summed E-state index contributed by atoms with van der Waals surface area (Å²) in [5.41, 5.74) is 2.39. The van der Waals surface area contributed by atoms with Crippen LogP contribution in [0.2, 0.25) is 0 Å². The molecule has 0 aliphatic carbocycles. The first kappa shape index (κ1) is 24.5. The lowest BCUT2D eigenvalue weighted by Crippen LogP contribution is -2.41. The van der Waals surface area contributed by atoms with E-state index < -0.39 is 0 Å². The van der Waals surface area contributed by atoms with E-state index in [-0.39, 0.29) is 41.2 Å².